The van der Waals surface area contributed by atoms with Gasteiger partial charge >= 0.3 is 0 Å². The fourth-order valence-electron chi connectivity index (χ4n) is 3.76. The summed E-state index contributed by atoms with van der Waals surface area (Å²) in [5.41, 5.74) is 1.34. The fourth-order valence-corrected chi connectivity index (χ4v) is 3.76. The molecule has 2 aliphatic rings. The Bertz CT molecular complexity index is 528. The van der Waals surface area contributed by atoms with Gasteiger partial charge in [0.25, 0.3) is 0 Å². The summed E-state index contributed by atoms with van der Waals surface area (Å²) in [6.45, 7) is 7.37. The van der Waals surface area contributed by atoms with E-state index in [4.69, 9.17) is 9.73 Å². The molecule has 5 nitrogen and oxygen atoms in total. The topological polar surface area (TPSA) is 48.9 Å². The number of halogens is 1. The zero-order valence-electron chi connectivity index (χ0n) is 15.8. The number of hydrogen-bond acceptors (Lipinski definition) is 3. The number of hydrogen-bond donors (Lipinski definition) is 2. The number of nitrogens with one attached hydrogen (secondary N) is 2. The molecule has 0 amide bonds. The highest BCUT2D eigenvalue weighted by Crippen LogP contribution is 2.22. The molecule has 1 aromatic carbocycles. The van der Waals surface area contributed by atoms with E-state index in [1.165, 1.54) is 31.2 Å². The molecular weight excluding hydrogens is 439 g/mol. The molecule has 6 heteroatoms. The summed E-state index contributed by atoms with van der Waals surface area (Å²) in [4.78, 5) is 7.44. The van der Waals surface area contributed by atoms with E-state index in [-0.39, 0.29) is 24.0 Å². The van der Waals surface area contributed by atoms with Crippen LogP contribution in [0.25, 0.3) is 0 Å². The average molecular weight is 472 g/mol. The van der Waals surface area contributed by atoms with Crippen molar-refractivity contribution in [3.63, 3.8) is 0 Å². The van der Waals surface area contributed by atoms with Crippen molar-refractivity contribution in [2.75, 3.05) is 39.4 Å². The summed E-state index contributed by atoms with van der Waals surface area (Å²) < 4.78 is 5.54. The van der Waals surface area contributed by atoms with Crippen molar-refractivity contribution in [2.45, 2.75) is 44.7 Å². The number of guanidine groups is 1. The highest BCUT2D eigenvalue weighted by Gasteiger charge is 2.23. The predicted molar refractivity (Wildman–Crippen MR) is 118 cm³/mol. The van der Waals surface area contributed by atoms with Crippen LogP contribution in [0, 0.1) is 0 Å². The summed E-state index contributed by atoms with van der Waals surface area (Å²) in [6, 6.07) is 11.6. The SMILES string of the molecule is CCNC(=NCC(c1ccccc1)N1CCOCC1)NC1CCCC1.I. The van der Waals surface area contributed by atoms with E-state index in [0.29, 0.717) is 12.1 Å². The molecule has 1 heterocycles. The van der Waals surface area contributed by atoms with Crippen molar-refractivity contribution in [1.29, 1.82) is 0 Å². The van der Waals surface area contributed by atoms with Gasteiger partial charge in [0, 0.05) is 25.7 Å². The lowest BCUT2D eigenvalue weighted by Crippen LogP contribution is -2.44. The first-order valence-electron chi connectivity index (χ1n) is 9.78. The van der Waals surface area contributed by atoms with Crippen LogP contribution in [0.15, 0.2) is 35.3 Å². The van der Waals surface area contributed by atoms with Crippen LogP contribution in [0.1, 0.15) is 44.2 Å². The molecule has 0 spiro atoms. The minimum absolute atomic E-state index is 0. The summed E-state index contributed by atoms with van der Waals surface area (Å²) in [5, 5.41) is 7.04. The number of benzene rings is 1. The van der Waals surface area contributed by atoms with Crippen LogP contribution in [-0.4, -0.2) is 56.3 Å². The van der Waals surface area contributed by atoms with Crippen LogP contribution in [0.3, 0.4) is 0 Å². The van der Waals surface area contributed by atoms with Crippen LogP contribution in [-0.2, 0) is 4.74 Å². The Hall–Kier alpha value is -0.860. The normalized spacial score (nSPS) is 20.4. The lowest BCUT2D eigenvalue weighted by Gasteiger charge is -2.34. The van der Waals surface area contributed by atoms with Crippen molar-refractivity contribution < 1.29 is 4.74 Å². The van der Waals surface area contributed by atoms with Gasteiger partial charge in [-0.15, -0.1) is 24.0 Å². The molecule has 26 heavy (non-hydrogen) atoms. The van der Waals surface area contributed by atoms with Crippen molar-refractivity contribution in [3.05, 3.63) is 35.9 Å². The first-order chi connectivity index (χ1) is 12.4. The van der Waals surface area contributed by atoms with Gasteiger partial charge in [-0.3, -0.25) is 9.89 Å². The maximum Gasteiger partial charge on any atom is 0.191 e. The molecule has 1 saturated carbocycles. The highest BCUT2D eigenvalue weighted by molar-refractivity contribution is 14.0. The predicted octanol–water partition coefficient (Wildman–Crippen LogP) is 3.18. The van der Waals surface area contributed by atoms with E-state index in [2.05, 4.69) is 52.8 Å². The zero-order valence-corrected chi connectivity index (χ0v) is 18.2. The van der Waals surface area contributed by atoms with Crippen LogP contribution < -0.4 is 10.6 Å². The summed E-state index contributed by atoms with van der Waals surface area (Å²) in [6.07, 6.45) is 5.18. The second kappa shape index (κ2) is 11.8. The maximum absolute atomic E-state index is 5.54. The van der Waals surface area contributed by atoms with Crippen molar-refractivity contribution in [3.8, 4) is 0 Å². The second-order valence-electron chi connectivity index (χ2n) is 6.92. The Morgan fingerprint density at radius 1 is 1.19 bits per heavy atom. The Morgan fingerprint density at radius 2 is 1.88 bits per heavy atom. The number of nitrogens with zero attached hydrogens (tertiary/aromatic N) is 2. The molecule has 1 aromatic rings. The molecular formula is C20H33IN4O. The van der Waals surface area contributed by atoms with Gasteiger partial charge in [0.1, 0.15) is 0 Å². The molecule has 3 rings (SSSR count). The molecule has 1 aliphatic heterocycles. The quantitative estimate of drug-likeness (QED) is 0.380. The van der Waals surface area contributed by atoms with E-state index in [0.717, 1.165) is 45.4 Å². The fraction of sp³-hybridized carbons (Fsp3) is 0.650. The molecule has 2 N–H and O–H groups in total. The van der Waals surface area contributed by atoms with Gasteiger partial charge in [-0.25, -0.2) is 0 Å². The van der Waals surface area contributed by atoms with Crippen LogP contribution in [0.5, 0.6) is 0 Å². The number of ether oxygens (including phenoxy) is 1. The third-order valence-corrected chi connectivity index (χ3v) is 5.13. The smallest absolute Gasteiger partial charge is 0.191 e. The minimum Gasteiger partial charge on any atom is -0.379 e. The second-order valence-corrected chi connectivity index (χ2v) is 6.92. The number of rotatable bonds is 6. The molecule has 1 unspecified atom stereocenters. The summed E-state index contributed by atoms with van der Waals surface area (Å²) >= 11 is 0. The van der Waals surface area contributed by atoms with Crippen LogP contribution in [0.2, 0.25) is 0 Å². The number of aliphatic imine (C=N–C) groups is 1. The van der Waals surface area contributed by atoms with E-state index in [1.54, 1.807) is 0 Å². The lowest BCUT2D eigenvalue weighted by atomic mass is 10.0. The zero-order chi connectivity index (χ0) is 17.3. The Kier molecular flexibility index (Phi) is 9.71. The van der Waals surface area contributed by atoms with Crippen molar-refractivity contribution in [1.82, 2.24) is 15.5 Å². The first kappa shape index (κ1) is 21.4. The van der Waals surface area contributed by atoms with Gasteiger partial charge in [-0.05, 0) is 25.3 Å². The third-order valence-electron chi connectivity index (χ3n) is 5.13. The summed E-state index contributed by atoms with van der Waals surface area (Å²) in [5.74, 6) is 0.962. The minimum atomic E-state index is 0. The van der Waals surface area contributed by atoms with Crippen LogP contribution in [0.4, 0.5) is 0 Å². The number of morpholine rings is 1. The molecule has 1 saturated heterocycles. The molecule has 1 aliphatic carbocycles. The largest absolute Gasteiger partial charge is 0.379 e. The molecule has 1 atom stereocenters. The van der Waals surface area contributed by atoms with Crippen LogP contribution >= 0.6 is 24.0 Å². The van der Waals surface area contributed by atoms with E-state index < -0.39 is 0 Å². The van der Waals surface area contributed by atoms with Gasteiger partial charge in [0.05, 0.1) is 25.8 Å². The van der Waals surface area contributed by atoms with Gasteiger partial charge in [-0.2, -0.15) is 0 Å². The Balaban J connectivity index is 0.00000243. The summed E-state index contributed by atoms with van der Waals surface area (Å²) in [7, 11) is 0. The maximum atomic E-state index is 5.54. The van der Waals surface area contributed by atoms with E-state index >= 15 is 0 Å². The molecule has 146 valence electrons. The van der Waals surface area contributed by atoms with Gasteiger partial charge in [0.2, 0.25) is 0 Å². The molecule has 0 bridgehead atoms. The first-order valence-corrected chi connectivity index (χ1v) is 9.78. The molecule has 0 aromatic heterocycles. The van der Waals surface area contributed by atoms with Gasteiger partial charge in [-0.1, -0.05) is 43.2 Å². The molecule has 2 fully saturated rings. The van der Waals surface area contributed by atoms with Gasteiger partial charge in [0.15, 0.2) is 5.96 Å². The lowest BCUT2D eigenvalue weighted by molar-refractivity contribution is 0.0179. The molecule has 0 radical (unpaired) electrons. The Labute approximate surface area is 175 Å². The van der Waals surface area contributed by atoms with Gasteiger partial charge < -0.3 is 15.4 Å². The Morgan fingerprint density at radius 3 is 2.54 bits per heavy atom. The average Bonchev–Trinajstić information content (AvgIpc) is 3.17. The standard InChI is InChI=1S/C20H32N4O.HI/c1-2-21-20(23-18-10-6-7-11-18)22-16-19(17-8-4-3-5-9-17)24-12-14-25-15-13-24;/h3-5,8-9,18-19H,2,6-7,10-16H2,1H3,(H2,21,22,23);1H. The third kappa shape index (κ3) is 6.39. The monoisotopic (exact) mass is 472 g/mol. The highest BCUT2D eigenvalue weighted by atomic mass is 127. The van der Waals surface area contributed by atoms with E-state index in [9.17, 15) is 0 Å². The van der Waals surface area contributed by atoms with Crippen molar-refractivity contribution >= 4 is 29.9 Å². The van der Waals surface area contributed by atoms with Crippen molar-refractivity contribution in [2.24, 2.45) is 4.99 Å². The van der Waals surface area contributed by atoms with E-state index in [1.807, 2.05) is 0 Å².